The second kappa shape index (κ2) is 6.89. The minimum absolute atomic E-state index is 0.0476. The lowest BCUT2D eigenvalue weighted by Crippen LogP contribution is -2.49. The molecule has 1 aliphatic rings. The molecule has 0 radical (unpaired) electrons. The van der Waals surface area contributed by atoms with Crippen molar-refractivity contribution in [3.8, 4) is 0 Å². The molecule has 110 valence electrons. The number of rotatable bonds is 5. The van der Waals surface area contributed by atoms with Gasteiger partial charge in [-0.15, -0.1) is 0 Å². The lowest BCUT2D eigenvalue weighted by atomic mass is 9.90. The van der Waals surface area contributed by atoms with Gasteiger partial charge in [-0.05, 0) is 32.6 Å². The van der Waals surface area contributed by atoms with Gasteiger partial charge in [-0.1, -0.05) is 20.3 Å². The van der Waals surface area contributed by atoms with Gasteiger partial charge in [0.05, 0.1) is 12.2 Å². The van der Waals surface area contributed by atoms with Gasteiger partial charge in [0.1, 0.15) is 6.04 Å². The number of aliphatic carboxylic acids is 1. The average Bonchev–Trinajstić information content (AvgIpc) is 2.33. The van der Waals surface area contributed by atoms with E-state index < -0.39 is 12.0 Å². The summed E-state index contributed by atoms with van der Waals surface area (Å²) in [5, 5.41) is 11.9. The van der Waals surface area contributed by atoms with Gasteiger partial charge in [0.15, 0.2) is 0 Å². The molecule has 1 rings (SSSR count). The molecule has 0 spiro atoms. The van der Waals surface area contributed by atoms with Crippen molar-refractivity contribution < 1.29 is 19.4 Å². The first kappa shape index (κ1) is 16.0. The molecule has 2 unspecified atom stereocenters. The highest BCUT2D eigenvalue weighted by Gasteiger charge is 2.33. The van der Waals surface area contributed by atoms with E-state index in [0.717, 1.165) is 6.42 Å². The molecule has 0 bridgehead atoms. The second-order valence-corrected chi connectivity index (χ2v) is 5.64. The fourth-order valence-electron chi connectivity index (χ4n) is 2.57. The van der Waals surface area contributed by atoms with Crippen molar-refractivity contribution in [1.82, 2.24) is 5.32 Å². The highest BCUT2D eigenvalue weighted by molar-refractivity contribution is 5.85. The van der Waals surface area contributed by atoms with E-state index >= 15 is 0 Å². The SMILES string of the molecule is CC[C@H](C)[C@H](NC(=O)C1CC(C)OC(C)C1)C(=O)O. The minimum atomic E-state index is -0.962. The highest BCUT2D eigenvalue weighted by atomic mass is 16.5. The third-order valence-electron chi connectivity index (χ3n) is 3.85. The van der Waals surface area contributed by atoms with Crippen LogP contribution in [0, 0.1) is 11.8 Å². The van der Waals surface area contributed by atoms with E-state index in [1.165, 1.54) is 0 Å². The van der Waals surface area contributed by atoms with E-state index in [1.54, 1.807) is 0 Å². The predicted octanol–water partition coefficient (Wildman–Crippen LogP) is 1.81. The van der Waals surface area contributed by atoms with Crippen LogP contribution < -0.4 is 5.32 Å². The number of nitrogens with one attached hydrogen (secondary N) is 1. The van der Waals surface area contributed by atoms with Crippen molar-refractivity contribution in [3.05, 3.63) is 0 Å². The molecule has 5 heteroatoms. The maximum absolute atomic E-state index is 12.2. The van der Waals surface area contributed by atoms with Crippen LogP contribution in [-0.4, -0.2) is 35.2 Å². The van der Waals surface area contributed by atoms with E-state index in [9.17, 15) is 14.7 Å². The molecule has 19 heavy (non-hydrogen) atoms. The third kappa shape index (κ3) is 4.49. The zero-order chi connectivity index (χ0) is 14.6. The molecule has 0 aromatic rings. The molecule has 1 heterocycles. The van der Waals surface area contributed by atoms with Crippen LogP contribution in [0.3, 0.4) is 0 Å². The molecule has 4 atom stereocenters. The van der Waals surface area contributed by atoms with E-state index in [0.29, 0.717) is 12.8 Å². The summed E-state index contributed by atoms with van der Waals surface area (Å²) in [5.41, 5.74) is 0. The van der Waals surface area contributed by atoms with Crippen molar-refractivity contribution in [2.75, 3.05) is 0 Å². The smallest absolute Gasteiger partial charge is 0.326 e. The van der Waals surface area contributed by atoms with Gasteiger partial charge in [-0.3, -0.25) is 4.79 Å². The first-order chi connectivity index (χ1) is 8.85. The predicted molar refractivity (Wildman–Crippen MR) is 71.8 cm³/mol. The number of carboxylic acids is 1. The van der Waals surface area contributed by atoms with Crippen molar-refractivity contribution in [2.45, 2.75) is 65.2 Å². The number of hydrogen-bond acceptors (Lipinski definition) is 3. The Bertz CT molecular complexity index is 321. The summed E-state index contributed by atoms with van der Waals surface area (Å²) in [5.74, 6) is -1.34. The average molecular weight is 271 g/mol. The van der Waals surface area contributed by atoms with Gasteiger partial charge in [-0.2, -0.15) is 0 Å². The second-order valence-electron chi connectivity index (χ2n) is 5.64. The summed E-state index contributed by atoms with van der Waals surface area (Å²) in [6.07, 6.45) is 2.13. The fourth-order valence-corrected chi connectivity index (χ4v) is 2.57. The monoisotopic (exact) mass is 271 g/mol. The lowest BCUT2D eigenvalue weighted by molar-refractivity contribution is -0.145. The van der Waals surface area contributed by atoms with E-state index in [2.05, 4.69) is 5.32 Å². The van der Waals surface area contributed by atoms with Crippen LogP contribution in [0.5, 0.6) is 0 Å². The normalized spacial score (nSPS) is 30.4. The van der Waals surface area contributed by atoms with E-state index in [-0.39, 0.29) is 30.0 Å². The summed E-state index contributed by atoms with van der Waals surface area (Å²) in [6, 6.07) is -0.800. The molecule has 0 aromatic carbocycles. The zero-order valence-electron chi connectivity index (χ0n) is 12.2. The van der Waals surface area contributed by atoms with Crippen molar-refractivity contribution >= 4 is 11.9 Å². The Morgan fingerprint density at radius 3 is 2.26 bits per heavy atom. The molecule has 1 fully saturated rings. The lowest BCUT2D eigenvalue weighted by Gasteiger charge is -2.32. The molecule has 0 aliphatic carbocycles. The number of ether oxygens (including phenoxy) is 1. The third-order valence-corrected chi connectivity index (χ3v) is 3.85. The highest BCUT2D eigenvalue weighted by Crippen LogP contribution is 2.25. The minimum Gasteiger partial charge on any atom is -0.480 e. The molecule has 1 amide bonds. The maximum Gasteiger partial charge on any atom is 0.326 e. The van der Waals surface area contributed by atoms with Crippen LogP contribution in [0.1, 0.15) is 47.0 Å². The van der Waals surface area contributed by atoms with Gasteiger partial charge in [0.2, 0.25) is 5.91 Å². The van der Waals surface area contributed by atoms with Gasteiger partial charge >= 0.3 is 5.97 Å². The van der Waals surface area contributed by atoms with Crippen LogP contribution in [-0.2, 0) is 14.3 Å². The first-order valence-corrected chi connectivity index (χ1v) is 7.03. The summed E-state index contributed by atoms with van der Waals surface area (Å²) >= 11 is 0. The summed E-state index contributed by atoms with van der Waals surface area (Å²) in [6.45, 7) is 7.65. The Morgan fingerprint density at radius 1 is 1.32 bits per heavy atom. The molecular formula is C14H25NO4. The number of carboxylic acid groups (broad SMARTS) is 1. The molecule has 5 nitrogen and oxygen atoms in total. The first-order valence-electron chi connectivity index (χ1n) is 7.03. The molecular weight excluding hydrogens is 246 g/mol. The van der Waals surface area contributed by atoms with E-state index in [4.69, 9.17) is 4.74 Å². The molecule has 0 saturated carbocycles. The zero-order valence-corrected chi connectivity index (χ0v) is 12.2. The largest absolute Gasteiger partial charge is 0.480 e. The Labute approximate surface area is 114 Å². The maximum atomic E-state index is 12.2. The van der Waals surface area contributed by atoms with Gasteiger partial charge in [0, 0.05) is 5.92 Å². The quantitative estimate of drug-likeness (QED) is 0.799. The van der Waals surface area contributed by atoms with Crippen LogP contribution >= 0.6 is 0 Å². The van der Waals surface area contributed by atoms with Crippen molar-refractivity contribution in [3.63, 3.8) is 0 Å². The van der Waals surface area contributed by atoms with E-state index in [1.807, 2.05) is 27.7 Å². The number of amides is 1. The van der Waals surface area contributed by atoms with Crippen molar-refractivity contribution in [2.24, 2.45) is 11.8 Å². The van der Waals surface area contributed by atoms with Gasteiger partial charge in [0.25, 0.3) is 0 Å². The van der Waals surface area contributed by atoms with Gasteiger partial charge < -0.3 is 15.2 Å². The Kier molecular flexibility index (Phi) is 5.79. The van der Waals surface area contributed by atoms with Crippen LogP contribution in [0.4, 0.5) is 0 Å². The van der Waals surface area contributed by atoms with Crippen molar-refractivity contribution in [1.29, 1.82) is 0 Å². The Balaban J connectivity index is 2.63. The Hall–Kier alpha value is -1.10. The number of carbonyl (C=O) groups is 2. The topological polar surface area (TPSA) is 75.6 Å². The Morgan fingerprint density at radius 2 is 1.84 bits per heavy atom. The van der Waals surface area contributed by atoms with Crippen LogP contribution in [0.25, 0.3) is 0 Å². The molecule has 0 aromatic heterocycles. The number of hydrogen-bond donors (Lipinski definition) is 2. The molecule has 2 N–H and O–H groups in total. The summed E-state index contributed by atoms with van der Waals surface area (Å²) in [7, 11) is 0. The van der Waals surface area contributed by atoms with Crippen LogP contribution in [0.15, 0.2) is 0 Å². The summed E-state index contributed by atoms with van der Waals surface area (Å²) < 4.78 is 5.59. The molecule has 1 saturated heterocycles. The number of carbonyl (C=O) groups excluding carboxylic acids is 1. The molecule has 1 aliphatic heterocycles. The standard InChI is InChI=1S/C14H25NO4/c1-5-8(2)12(14(17)18)15-13(16)11-6-9(3)19-10(4)7-11/h8-12H,5-7H2,1-4H3,(H,15,16)(H,17,18)/t8-,9?,10?,11?,12-/m0/s1. The van der Waals surface area contributed by atoms with Crippen LogP contribution in [0.2, 0.25) is 0 Å². The van der Waals surface area contributed by atoms with Gasteiger partial charge in [-0.25, -0.2) is 4.79 Å². The fraction of sp³-hybridized carbons (Fsp3) is 0.857. The summed E-state index contributed by atoms with van der Waals surface area (Å²) in [4.78, 5) is 23.4.